The Morgan fingerprint density at radius 1 is 1.47 bits per heavy atom. The van der Waals surface area contributed by atoms with Crippen molar-refractivity contribution in [2.45, 2.75) is 6.54 Å². The molecule has 0 atom stereocenters. The lowest BCUT2D eigenvalue weighted by atomic mass is 10.3. The van der Waals surface area contributed by atoms with E-state index in [1.807, 2.05) is 16.7 Å². The predicted molar refractivity (Wildman–Crippen MR) is 57.9 cm³/mol. The number of nitrogens with two attached hydrogens (primary N) is 1. The van der Waals surface area contributed by atoms with Crippen molar-refractivity contribution in [2.24, 2.45) is 0 Å². The largest absolute Gasteiger partial charge is 0.384 e. The van der Waals surface area contributed by atoms with Crippen molar-refractivity contribution in [1.82, 2.24) is 19.7 Å². The number of hydrogen-bond donors (Lipinski definition) is 1. The highest BCUT2D eigenvalue weighted by molar-refractivity contribution is 5.52. The average molecular weight is 201 g/mol. The summed E-state index contributed by atoms with van der Waals surface area (Å²) in [5.41, 5.74) is 6.32. The summed E-state index contributed by atoms with van der Waals surface area (Å²) in [5.74, 6) is 1.17. The van der Waals surface area contributed by atoms with Gasteiger partial charge < -0.3 is 10.3 Å². The van der Waals surface area contributed by atoms with E-state index in [2.05, 4.69) is 21.8 Å². The lowest BCUT2D eigenvalue weighted by molar-refractivity contribution is 0.824. The fourth-order valence-electron chi connectivity index (χ4n) is 1.30. The van der Waals surface area contributed by atoms with E-state index in [1.54, 1.807) is 18.5 Å². The Morgan fingerprint density at radius 3 is 3.07 bits per heavy atom. The van der Waals surface area contributed by atoms with Crippen molar-refractivity contribution >= 4 is 5.82 Å². The van der Waals surface area contributed by atoms with Crippen LogP contribution in [0.2, 0.25) is 0 Å². The molecule has 2 N–H and O–H groups in total. The summed E-state index contributed by atoms with van der Waals surface area (Å²) in [6, 6.07) is 5.42. The quantitative estimate of drug-likeness (QED) is 0.755. The first-order valence-corrected chi connectivity index (χ1v) is 4.53. The smallest absolute Gasteiger partial charge is 0.182 e. The van der Waals surface area contributed by atoms with Crippen molar-refractivity contribution in [3.8, 4) is 11.5 Å². The molecule has 0 bridgehead atoms. The van der Waals surface area contributed by atoms with Crippen LogP contribution in [0, 0.1) is 0 Å². The molecule has 0 spiro atoms. The molecule has 2 heterocycles. The van der Waals surface area contributed by atoms with Gasteiger partial charge in [0, 0.05) is 6.54 Å². The summed E-state index contributed by atoms with van der Waals surface area (Å²) in [7, 11) is 0. The van der Waals surface area contributed by atoms with Crippen molar-refractivity contribution in [1.29, 1.82) is 0 Å². The van der Waals surface area contributed by atoms with Crippen LogP contribution in [0.3, 0.4) is 0 Å². The highest BCUT2D eigenvalue weighted by Crippen LogP contribution is 2.14. The maximum absolute atomic E-state index is 5.60. The minimum Gasteiger partial charge on any atom is -0.384 e. The molecule has 5 heteroatoms. The van der Waals surface area contributed by atoms with Gasteiger partial charge >= 0.3 is 0 Å². The van der Waals surface area contributed by atoms with Crippen LogP contribution in [0.4, 0.5) is 5.82 Å². The molecule has 2 aromatic rings. The molecule has 0 aliphatic carbocycles. The van der Waals surface area contributed by atoms with Gasteiger partial charge in [-0.2, -0.15) is 0 Å². The molecule has 0 aliphatic heterocycles. The molecule has 2 rings (SSSR count). The minimum absolute atomic E-state index is 0.473. The monoisotopic (exact) mass is 201 g/mol. The normalized spacial score (nSPS) is 10.1. The third-order valence-corrected chi connectivity index (χ3v) is 1.94. The Bertz CT molecular complexity index is 474. The van der Waals surface area contributed by atoms with E-state index in [-0.39, 0.29) is 0 Å². The van der Waals surface area contributed by atoms with Gasteiger partial charge in [0.25, 0.3) is 0 Å². The second kappa shape index (κ2) is 3.91. The maximum Gasteiger partial charge on any atom is 0.182 e. The van der Waals surface area contributed by atoms with E-state index in [4.69, 9.17) is 5.73 Å². The Balaban J connectivity index is 2.44. The number of anilines is 1. The van der Waals surface area contributed by atoms with E-state index < -0.39 is 0 Å². The summed E-state index contributed by atoms with van der Waals surface area (Å²) in [4.78, 5) is 4.18. The molecule has 15 heavy (non-hydrogen) atoms. The molecule has 0 aliphatic rings. The molecule has 0 radical (unpaired) electrons. The second-order valence-electron chi connectivity index (χ2n) is 3.04. The molecular weight excluding hydrogens is 190 g/mol. The third kappa shape index (κ3) is 1.85. The summed E-state index contributed by atoms with van der Waals surface area (Å²) < 4.78 is 1.86. The number of rotatable bonds is 3. The van der Waals surface area contributed by atoms with Gasteiger partial charge in [-0.1, -0.05) is 12.1 Å². The number of nitrogens with zero attached hydrogens (tertiary/aromatic N) is 4. The van der Waals surface area contributed by atoms with Crippen molar-refractivity contribution < 1.29 is 0 Å². The summed E-state index contributed by atoms with van der Waals surface area (Å²) in [6.07, 6.45) is 3.42. The van der Waals surface area contributed by atoms with Gasteiger partial charge in [0.1, 0.15) is 17.8 Å². The van der Waals surface area contributed by atoms with Crippen molar-refractivity contribution in [3.05, 3.63) is 37.2 Å². The van der Waals surface area contributed by atoms with Crippen molar-refractivity contribution in [3.63, 3.8) is 0 Å². The summed E-state index contributed by atoms with van der Waals surface area (Å²) in [6.45, 7) is 4.32. The van der Waals surface area contributed by atoms with Crippen LogP contribution in [-0.4, -0.2) is 19.7 Å². The highest BCUT2D eigenvalue weighted by Gasteiger charge is 2.07. The second-order valence-corrected chi connectivity index (χ2v) is 3.04. The molecule has 0 unspecified atom stereocenters. The molecule has 0 saturated carbocycles. The number of allylic oxidation sites excluding steroid dienone is 1. The Labute approximate surface area is 87.3 Å². The Hall–Kier alpha value is -2.17. The molecule has 2 aromatic heterocycles. The van der Waals surface area contributed by atoms with E-state index in [0.29, 0.717) is 23.9 Å². The van der Waals surface area contributed by atoms with Gasteiger partial charge in [-0.25, -0.2) is 4.98 Å². The Morgan fingerprint density at radius 2 is 2.33 bits per heavy atom. The molecule has 76 valence electrons. The first kappa shape index (κ1) is 9.39. The van der Waals surface area contributed by atoms with Crippen LogP contribution in [0.1, 0.15) is 0 Å². The van der Waals surface area contributed by atoms with E-state index in [0.717, 1.165) is 0 Å². The molecule has 0 saturated heterocycles. The fourth-order valence-corrected chi connectivity index (χ4v) is 1.30. The third-order valence-electron chi connectivity index (χ3n) is 1.94. The van der Waals surface area contributed by atoms with E-state index in [1.165, 1.54) is 0 Å². The Kier molecular flexibility index (Phi) is 2.45. The molecule has 5 nitrogen and oxygen atoms in total. The first-order valence-electron chi connectivity index (χ1n) is 4.53. The molecular formula is C10H11N5. The maximum atomic E-state index is 5.60. The van der Waals surface area contributed by atoms with Gasteiger partial charge in [0.05, 0.1) is 0 Å². The van der Waals surface area contributed by atoms with E-state index in [9.17, 15) is 0 Å². The summed E-state index contributed by atoms with van der Waals surface area (Å²) in [5, 5.41) is 7.82. The molecule has 0 amide bonds. The molecule has 0 fully saturated rings. The topological polar surface area (TPSA) is 69.6 Å². The zero-order chi connectivity index (χ0) is 10.7. The SMILES string of the molecule is C=CCn1cnnc1-c1cccc(N)n1. The lowest BCUT2D eigenvalue weighted by Gasteiger charge is -2.02. The van der Waals surface area contributed by atoms with Gasteiger partial charge in [0.15, 0.2) is 5.82 Å². The lowest BCUT2D eigenvalue weighted by Crippen LogP contribution is -1.99. The summed E-state index contributed by atoms with van der Waals surface area (Å²) >= 11 is 0. The van der Waals surface area contributed by atoms with Crippen LogP contribution < -0.4 is 5.73 Å². The number of pyridine rings is 1. The standard InChI is InChI=1S/C10H11N5/c1-2-6-15-7-12-14-10(15)8-4-3-5-9(11)13-8/h2-5,7H,1,6H2,(H2,11,13). The zero-order valence-electron chi connectivity index (χ0n) is 8.17. The average Bonchev–Trinajstić information content (AvgIpc) is 2.66. The minimum atomic E-state index is 0.473. The van der Waals surface area contributed by atoms with Crippen LogP contribution in [0.25, 0.3) is 11.5 Å². The van der Waals surface area contributed by atoms with E-state index >= 15 is 0 Å². The fraction of sp³-hybridized carbons (Fsp3) is 0.100. The van der Waals surface area contributed by atoms with Crippen LogP contribution in [0.15, 0.2) is 37.2 Å². The van der Waals surface area contributed by atoms with Crippen LogP contribution >= 0.6 is 0 Å². The first-order chi connectivity index (χ1) is 7.31. The molecule has 0 aromatic carbocycles. The predicted octanol–water partition coefficient (Wildman–Crippen LogP) is 1.11. The van der Waals surface area contributed by atoms with Gasteiger partial charge in [-0.3, -0.25) is 0 Å². The highest BCUT2D eigenvalue weighted by atomic mass is 15.3. The van der Waals surface area contributed by atoms with Gasteiger partial charge in [0.2, 0.25) is 0 Å². The van der Waals surface area contributed by atoms with Gasteiger partial charge in [-0.15, -0.1) is 16.8 Å². The van der Waals surface area contributed by atoms with Crippen molar-refractivity contribution in [2.75, 3.05) is 5.73 Å². The number of nitrogen functional groups attached to an aromatic ring is 1. The van der Waals surface area contributed by atoms with Crippen LogP contribution in [-0.2, 0) is 6.54 Å². The number of hydrogen-bond acceptors (Lipinski definition) is 4. The number of aromatic nitrogens is 4. The van der Waals surface area contributed by atoms with Gasteiger partial charge in [-0.05, 0) is 12.1 Å². The zero-order valence-corrected chi connectivity index (χ0v) is 8.17. The van der Waals surface area contributed by atoms with Crippen LogP contribution in [0.5, 0.6) is 0 Å².